The zero-order valence-corrected chi connectivity index (χ0v) is 16.6. The van der Waals surface area contributed by atoms with Gasteiger partial charge in [0, 0.05) is 28.8 Å². The second kappa shape index (κ2) is 8.23. The summed E-state index contributed by atoms with van der Waals surface area (Å²) >= 11 is 6.09. The minimum atomic E-state index is -0.362. The number of halogens is 1. The topological polar surface area (TPSA) is 71.1 Å². The smallest absolute Gasteiger partial charge is 0.257 e. The number of hydrogen-bond donors (Lipinski definition) is 2. The monoisotopic (exact) mass is 393 g/mol. The zero-order valence-electron chi connectivity index (χ0n) is 15.8. The predicted molar refractivity (Wildman–Crippen MR) is 112 cm³/mol. The Morgan fingerprint density at radius 1 is 0.857 bits per heavy atom. The number of aromatic nitrogens is 1. The van der Waals surface area contributed by atoms with Gasteiger partial charge in [0.1, 0.15) is 0 Å². The number of amides is 2. The molecular weight excluding hydrogens is 374 g/mol. The quantitative estimate of drug-likeness (QED) is 0.642. The number of benzene rings is 2. The molecular formula is C22H20ClN3O2. The largest absolute Gasteiger partial charge is 0.322 e. The summed E-state index contributed by atoms with van der Waals surface area (Å²) in [5, 5.41) is 6.21. The number of nitrogens with zero attached hydrogens (tertiary/aromatic N) is 1. The number of hydrogen-bond acceptors (Lipinski definition) is 3. The highest BCUT2D eigenvalue weighted by Gasteiger charge is 2.13. The Bertz CT molecular complexity index is 1040. The van der Waals surface area contributed by atoms with E-state index in [9.17, 15) is 9.59 Å². The molecule has 0 aliphatic carbocycles. The lowest BCUT2D eigenvalue weighted by Gasteiger charge is -2.10. The van der Waals surface area contributed by atoms with Crippen molar-refractivity contribution in [1.82, 2.24) is 4.98 Å². The molecule has 2 aromatic carbocycles. The van der Waals surface area contributed by atoms with Crippen molar-refractivity contribution >= 4 is 34.8 Å². The van der Waals surface area contributed by atoms with Crippen LogP contribution in [0.15, 0.2) is 54.9 Å². The lowest BCUT2D eigenvalue weighted by Crippen LogP contribution is -2.16. The van der Waals surface area contributed by atoms with Gasteiger partial charge in [-0.1, -0.05) is 23.7 Å². The maximum Gasteiger partial charge on any atom is 0.257 e. The van der Waals surface area contributed by atoms with Gasteiger partial charge in [-0.3, -0.25) is 14.6 Å². The Balaban J connectivity index is 1.78. The zero-order chi connectivity index (χ0) is 20.3. The fourth-order valence-electron chi connectivity index (χ4n) is 2.88. The molecule has 0 radical (unpaired) electrons. The van der Waals surface area contributed by atoms with Crippen LogP contribution in [0.25, 0.3) is 0 Å². The third kappa shape index (κ3) is 4.56. The van der Waals surface area contributed by atoms with E-state index in [0.29, 0.717) is 22.0 Å². The first-order valence-corrected chi connectivity index (χ1v) is 9.12. The highest BCUT2D eigenvalue weighted by atomic mass is 35.5. The molecule has 142 valence electrons. The highest BCUT2D eigenvalue weighted by molar-refractivity contribution is 6.31. The Morgan fingerprint density at radius 2 is 1.46 bits per heavy atom. The van der Waals surface area contributed by atoms with Gasteiger partial charge in [-0.2, -0.15) is 0 Å². The standard InChI is InChI=1S/C22H20ClN3O2/c1-13-7-14(2)9-18(8-13)25-21(27)16-10-17(12-24-11-16)22(28)26-20-6-4-5-19(23)15(20)3/h4-12H,1-3H3,(H,25,27)(H,26,28). The summed E-state index contributed by atoms with van der Waals surface area (Å²) in [6.45, 7) is 5.75. The van der Waals surface area contributed by atoms with Gasteiger partial charge in [0.2, 0.25) is 0 Å². The van der Waals surface area contributed by atoms with Crippen molar-refractivity contribution in [3.05, 3.63) is 87.7 Å². The first-order chi connectivity index (χ1) is 13.3. The van der Waals surface area contributed by atoms with Crippen LogP contribution in [0.1, 0.15) is 37.4 Å². The highest BCUT2D eigenvalue weighted by Crippen LogP contribution is 2.23. The summed E-state index contributed by atoms with van der Waals surface area (Å²) in [4.78, 5) is 29.2. The second-order valence-electron chi connectivity index (χ2n) is 6.66. The maximum atomic E-state index is 12.6. The van der Waals surface area contributed by atoms with Crippen LogP contribution in [-0.2, 0) is 0 Å². The van der Waals surface area contributed by atoms with Gasteiger partial charge >= 0.3 is 0 Å². The molecule has 6 heteroatoms. The number of aryl methyl sites for hydroxylation is 2. The minimum Gasteiger partial charge on any atom is -0.322 e. The van der Waals surface area contributed by atoms with Crippen LogP contribution in [0, 0.1) is 20.8 Å². The van der Waals surface area contributed by atoms with E-state index in [2.05, 4.69) is 15.6 Å². The summed E-state index contributed by atoms with van der Waals surface area (Å²) in [6.07, 6.45) is 2.85. The molecule has 0 fully saturated rings. The van der Waals surface area contributed by atoms with E-state index in [4.69, 9.17) is 11.6 Å². The molecule has 2 amide bonds. The summed E-state index contributed by atoms with van der Waals surface area (Å²) in [5.74, 6) is -0.690. The number of rotatable bonds is 4. The van der Waals surface area contributed by atoms with Gasteiger partial charge in [-0.25, -0.2) is 0 Å². The minimum absolute atomic E-state index is 0.285. The van der Waals surface area contributed by atoms with Gasteiger partial charge in [-0.15, -0.1) is 0 Å². The summed E-state index contributed by atoms with van der Waals surface area (Å²) in [6, 6.07) is 12.6. The average Bonchev–Trinajstić information content (AvgIpc) is 2.64. The molecule has 3 aromatic rings. The molecule has 0 aliphatic heterocycles. The van der Waals surface area contributed by atoms with Crippen LogP contribution in [0.4, 0.5) is 11.4 Å². The van der Waals surface area contributed by atoms with Crippen LogP contribution in [0.3, 0.4) is 0 Å². The number of pyridine rings is 1. The molecule has 0 unspecified atom stereocenters. The predicted octanol–water partition coefficient (Wildman–Crippen LogP) is 5.16. The van der Waals surface area contributed by atoms with Crippen LogP contribution < -0.4 is 10.6 Å². The Kier molecular flexibility index (Phi) is 5.76. The van der Waals surface area contributed by atoms with Gasteiger partial charge in [0.25, 0.3) is 11.8 Å². The third-order valence-electron chi connectivity index (χ3n) is 4.26. The van der Waals surface area contributed by atoms with Crippen LogP contribution in [0.2, 0.25) is 5.02 Å². The molecule has 2 N–H and O–H groups in total. The van der Waals surface area contributed by atoms with E-state index < -0.39 is 0 Å². The second-order valence-corrected chi connectivity index (χ2v) is 7.07. The molecule has 0 saturated carbocycles. The lowest BCUT2D eigenvalue weighted by atomic mass is 10.1. The molecule has 3 rings (SSSR count). The van der Waals surface area contributed by atoms with Crippen LogP contribution in [-0.4, -0.2) is 16.8 Å². The summed E-state index contributed by atoms with van der Waals surface area (Å²) in [5.41, 5.74) is 4.78. The van der Waals surface area contributed by atoms with Gasteiger partial charge in [0.05, 0.1) is 11.1 Å². The molecule has 0 atom stereocenters. The van der Waals surface area contributed by atoms with E-state index in [-0.39, 0.29) is 17.4 Å². The number of carbonyl (C=O) groups excluding carboxylic acids is 2. The Hall–Kier alpha value is -3.18. The van der Waals surface area contributed by atoms with E-state index in [0.717, 1.165) is 16.7 Å². The van der Waals surface area contributed by atoms with Crippen molar-refractivity contribution in [3.63, 3.8) is 0 Å². The van der Waals surface area contributed by atoms with Crippen molar-refractivity contribution in [2.45, 2.75) is 20.8 Å². The van der Waals surface area contributed by atoms with E-state index in [1.54, 1.807) is 18.2 Å². The van der Waals surface area contributed by atoms with E-state index in [1.165, 1.54) is 18.5 Å². The molecule has 0 aliphatic rings. The van der Waals surface area contributed by atoms with Gasteiger partial charge in [0.15, 0.2) is 0 Å². The summed E-state index contributed by atoms with van der Waals surface area (Å²) in [7, 11) is 0. The Morgan fingerprint density at radius 3 is 2.11 bits per heavy atom. The normalized spacial score (nSPS) is 10.4. The van der Waals surface area contributed by atoms with Crippen LogP contribution in [0.5, 0.6) is 0 Å². The maximum absolute atomic E-state index is 12.6. The fraction of sp³-hybridized carbons (Fsp3) is 0.136. The molecule has 0 saturated heterocycles. The number of nitrogens with one attached hydrogen (secondary N) is 2. The van der Waals surface area contributed by atoms with Crippen LogP contribution >= 0.6 is 11.6 Å². The molecule has 28 heavy (non-hydrogen) atoms. The molecule has 1 aromatic heterocycles. The average molecular weight is 394 g/mol. The SMILES string of the molecule is Cc1cc(C)cc(NC(=O)c2cncc(C(=O)Nc3cccc(Cl)c3C)c2)c1. The Labute approximate surface area is 168 Å². The van der Waals surface area contributed by atoms with Crippen molar-refractivity contribution in [2.75, 3.05) is 10.6 Å². The third-order valence-corrected chi connectivity index (χ3v) is 4.67. The van der Waals surface area contributed by atoms with E-state index in [1.807, 2.05) is 39.0 Å². The van der Waals surface area contributed by atoms with E-state index >= 15 is 0 Å². The fourth-order valence-corrected chi connectivity index (χ4v) is 3.05. The molecule has 0 bridgehead atoms. The van der Waals surface area contributed by atoms with Gasteiger partial charge < -0.3 is 10.6 Å². The first-order valence-electron chi connectivity index (χ1n) is 8.74. The van der Waals surface area contributed by atoms with Crippen molar-refractivity contribution in [2.24, 2.45) is 0 Å². The first kappa shape index (κ1) is 19.6. The molecule has 1 heterocycles. The lowest BCUT2D eigenvalue weighted by molar-refractivity contribution is 0.102. The van der Waals surface area contributed by atoms with Crippen molar-refractivity contribution < 1.29 is 9.59 Å². The molecule has 5 nitrogen and oxygen atoms in total. The summed E-state index contributed by atoms with van der Waals surface area (Å²) < 4.78 is 0. The van der Waals surface area contributed by atoms with Gasteiger partial charge in [-0.05, 0) is 67.8 Å². The molecule has 0 spiro atoms. The van der Waals surface area contributed by atoms with Crippen molar-refractivity contribution in [3.8, 4) is 0 Å². The number of anilines is 2. The number of carbonyl (C=O) groups is 2. The van der Waals surface area contributed by atoms with Crippen molar-refractivity contribution in [1.29, 1.82) is 0 Å².